The Morgan fingerprint density at radius 3 is 2.26 bits per heavy atom. The number of hydrogen-bond donors (Lipinski definition) is 0. The molecule has 0 unspecified atom stereocenters. The molecule has 0 bridgehead atoms. The fourth-order valence-electron chi connectivity index (χ4n) is 3.14. The second-order valence-corrected chi connectivity index (χ2v) is 6.84. The second-order valence-electron chi connectivity index (χ2n) is 6.84. The average Bonchev–Trinajstić information content (AvgIpc) is 2.82. The Morgan fingerprint density at radius 1 is 0.871 bits per heavy atom. The first kappa shape index (κ1) is 20.2. The zero-order valence-corrected chi connectivity index (χ0v) is 17.1. The van der Waals surface area contributed by atoms with Crippen LogP contribution in [0.3, 0.4) is 0 Å². The van der Waals surface area contributed by atoms with E-state index in [2.05, 4.69) is 0 Å². The minimum atomic E-state index is -0.386. The molecule has 0 saturated heterocycles. The number of benzene rings is 3. The lowest BCUT2D eigenvalue weighted by Crippen LogP contribution is -2.03. The molecule has 0 aliphatic rings. The van der Waals surface area contributed by atoms with Crippen molar-refractivity contribution < 1.29 is 23.4 Å². The minimum absolute atomic E-state index is 0.153. The number of carbonyl (C=O) groups is 1. The molecule has 1 heterocycles. The summed E-state index contributed by atoms with van der Waals surface area (Å²) in [6.07, 6.45) is 0. The highest BCUT2D eigenvalue weighted by molar-refractivity contribution is 5.89. The lowest BCUT2D eigenvalue weighted by atomic mass is 10.1. The number of carbonyl (C=O) groups excluding carboxylic acids is 1. The third-order valence-electron chi connectivity index (χ3n) is 4.85. The topological polar surface area (TPSA) is 75.0 Å². The SMILES string of the molecule is COC(=O)c1ccc(COc2ccc3oc(-c4ccc(OC)cc4)cc(=O)c3c2)cc1. The maximum absolute atomic E-state index is 12.7. The van der Waals surface area contributed by atoms with Gasteiger partial charge < -0.3 is 18.6 Å². The highest BCUT2D eigenvalue weighted by Gasteiger charge is 2.09. The molecule has 31 heavy (non-hydrogen) atoms. The molecule has 4 aromatic rings. The van der Waals surface area contributed by atoms with E-state index in [1.165, 1.54) is 13.2 Å². The number of esters is 1. The van der Waals surface area contributed by atoms with Crippen molar-refractivity contribution >= 4 is 16.9 Å². The van der Waals surface area contributed by atoms with Gasteiger partial charge in [0.2, 0.25) is 0 Å². The van der Waals surface area contributed by atoms with E-state index in [0.717, 1.165) is 16.9 Å². The van der Waals surface area contributed by atoms with Crippen LogP contribution >= 0.6 is 0 Å². The number of ether oxygens (including phenoxy) is 3. The van der Waals surface area contributed by atoms with Gasteiger partial charge in [-0.25, -0.2) is 4.79 Å². The van der Waals surface area contributed by atoms with Crippen molar-refractivity contribution in [3.8, 4) is 22.8 Å². The van der Waals surface area contributed by atoms with Crippen molar-refractivity contribution in [3.63, 3.8) is 0 Å². The first-order valence-electron chi connectivity index (χ1n) is 9.60. The third kappa shape index (κ3) is 4.43. The van der Waals surface area contributed by atoms with Crippen LogP contribution in [0.4, 0.5) is 0 Å². The second kappa shape index (κ2) is 8.75. The normalized spacial score (nSPS) is 10.6. The summed E-state index contributed by atoms with van der Waals surface area (Å²) in [5.74, 6) is 1.38. The van der Waals surface area contributed by atoms with Gasteiger partial charge in [-0.1, -0.05) is 12.1 Å². The van der Waals surface area contributed by atoms with Crippen LogP contribution in [0.1, 0.15) is 15.9 Å². The molecule has 0 saturated carbocycles. The van der Waals surface area contributed by atoms with Crippen molar-refractivity contribution in [2.24, 2.45) is 0 Å². The monoisotopic (exact) mass is 416 g/mol. The van der Waals surface area contributed by atoms with Crippen LogP contribution in [0.2, 0.25) is 0 Å². The zero-order chi connectivity index (χ0) is 21.8. The van der Waals surface area contributed by atoms with E-state index in [4.69, 9.17) is 18.6 Å². The van der Waals surface area contributed by atoms with Crippen LogP contribution in [-0.2, 0) is 11.3 Å². The Morgan fingerprint density at radius 2 is 1.58 bits per heavy atom. The van der Waals surface area contributed by atoms with Gasteiger partial charge in [-0.05, 0) is 60.2 Å². The molecular weight excluding hydrogens is 396 g/mol. The molecule has 0 aliphatic heterocycles. The predicted octanol–water partition coefficient (Wildman–Crippen LogP) is 4.83. The Bertz CT molecular complexity index is 1270. The van der Waals surface area contributed by atoms with Crippen molar-refractivity contribution in [3.05, 3.63) is 94.1 Å². The summed E-state index contributed by atoms with van der Waals surface area (Å²) >= 11 is 0. The number of methoxy groups -OCH3 is 2. The lowest BCUT2D eigenvalue weighted by Gasteiger charge is -2.09. The number of fused-ring (bicyclic) bond motifs is 1. The molecule has 4 rings (SSSR count). The fourth-order valence-corrected chi connectivity index (χ4v) is 3.14. The maximum Gasteiger partial charge on any atom is 0.337 e. The van der Waals surface area contributed by atoms with Gasteiger partial charge in [0, 0.05) is 11.6 Å². The molecule has 0 radical (unpaired) electrons. The summed E-state index contributed by atoms with van der Waals surface area (Å²) in [7, 11) is 2.94. The number of hydrogen-bond acceptors (Lipinski definition) is 6. The van der Waals surface area contributed by atoms with Gasteiger partial charge in [0.05, 0.1) is 25.2 Å². The van der Waals surface area contributed by atoms with E-state index in [-0.39, 0.29) is 11.4 Å². The van der Waals surface area contributed by atoms with E-state index < -0.39 is 0 Å². The first-order valence-corrected chi connectivity index (χ1v) is 9.60. The molecule has 6 nitrogen and oxygen atoms in total. The fraction of sp³-hybridized carbons (Fsp3) is 0.120. The van der Waals surface area contributed by atoms with Gasteiger partial charge in [0.25, 0.3) is 0 Å². The maximum atomic E-state index is 12.7. The van der Waals surface area contributed by atoms with Crippen molar-refractivity contribution in [1.29, 1.82) is 0 Å². The summed E-state index contributed by atoms with van der Waals surface area (Å²) in [5, 5.41) is 0.441. The molecule has 156 valence electrons. The molecule has 3 aromatic carbocycles. The molecule has 0 spiro atoms. The third-order valence-corrected chi connectivity index (χ3v) is 4.85. The van der Waals surface area contributed by atoms with Crippen molar-refractivity contribution in [1.82, 2.24) is 0 Å². The van der Waals surface area contributed by atoms with E-state index in [0.29, 0.717) is 34.6 Å². The van der Waals surface area contributed by atoms with Gasteiger partial charge >= 0.3 is 5.97 Å². The average molecular weight is 416 g/mol. The lowest BCUT2D eigenvalue weighted by molar-refractivity contribution is 0.0600. The molecule has 0 aliphatic carbocycles. The first-order chi connectivity index (χ1) is 15.1. The van der Waals surface area contributed by atoms with Crippen LogP contribution in [0, 0.1) is 0 Å². The van der Waals surface area contributed by atoms with Crippen molar-refractivity contribution in [2.45, 2.75) is 6.61 Å². The molecule has 0 amide bonds. The standard InChI is InChI=1S/C25H20O6/c1-28-19-9-7-17(8-10-19)24-14-22(26)21-13-20(11-12-23(21)31-24)30-15-16-3-5-18(6-4-16)25(27)29-2/h3-14H,15H2,1-2H3. The predicted molar refractivity (Wildman–Crippen MR) is 117 cm³/mol. The van der Waals surface area contributed by atoms with Gasteiger partial charge in [-0.2, -0.15) is 0 Å². The van der Waals surface area contributed by atoms with Crippen LogP contribution in [0.5, 0.6) is 11.5 Å². The van der Waals surface area contributed by atoms with Gasteiger partial charge in [-0.15, -0.1) is 0 Å². The summed E-state index contributed by atoms with van der Waals surface area (Å²) in [6.45, 7) is 0.294. The highest BCUT2D eigenvalue weighted by Crippen LogP contribution is 2.26. The molecular formula is C25H20O6. The van der Waals surface area contributed by atoms with E-state index in [1.54, 1.807) is 49.6 Å². The number of rotatable bonds is 6. The van der Waals surface area contributed by atoms with E-state index in [9.17, 15) is 9.59 Å². The van der Waals surface area contributed by atoms with Gasteiger partial charge in [0.1, 0.15) is 29.4 Å². The summed E-state index contributed by atoms with van der Waals surface area (Å²) in [6, 6.07) is 20.9. The Balaban J connectivity index is 1.53. The molecule has 1 aromatic heterocycles. The zero-order valence-electron chi connectivity index (χ0n) is 17.1. The molecule has 0 atom stereocenters. The molecule has 0 fully saturated rings. The Kier molecular flexibility index (Phi) is 5.71. The van der Waals surface area contributed by atoms with Crippen molar-refractivity contribution in [2.75, 3.05) is 14.2 Å². The van der Waals surface area contributed by atoms with Gasteiger partial charge in [0.15, 0.2) is 5.43 Å². The summed E-state index contributed by atoms with van der Waals surface area (Å²) < 4.78 is 21.6. The highest BCUT2D eigenvalue weighted by atomic mass is 16.5. The van der Waals surface area contributed by atoms with Crippen LogP contribution in [-0.4, -0.2) is 20.2 Å². The van der Waals surface area contributed by atoms with Crippen LogP contribution in [0.15, 0.2) is 82.0 Å². The Hall–Kier alpha value is -4.06. The molecule has 6 heteroatoms. The Labute approximate surface area is 178 Å². The van der Waals surface area contributed by atoms with Crippen LogP contribution in [0.25, 0.3) is 22.3 Å². The van der Waals surface area contributed by atoms with Crippen LogP contribution < -0.4 is 14.9 Å². The van der Waals surface area contributed by atoms with E-state index >= 15 is 0 Å². The largest absolute Gasteiger partial charge is 0.497 e. The quantitative estimate of drug-likeness (QED) is 0.419. The summed E-state index contributed by atoms with van der Waals surface area (Å²) in [4.78, 5) is 24.2. The molecule has 0 N–H and O–H groups in total. The van der Waals surface area contributed by atoms with Gasteiger partial charge in [-0.3, -0.25) is 4.79 Å². The van der Waals surface area contributed by atoms with E-state index in [1.807, 2.05) is 24.3 Å². The minimum Gasteiger partial charge on any atom is -0.497 e. The summed E-state index contributed by atoms with van der Waals surface area (Å²) in [5.41, 5.74) is 2.47. The smallest absolute Gasteiger partial charge is 0.337 e.